The zero-order valence-electron chi connectivity index (χ0n) is 17.6. The fourth-order valence-corrected chi connectivity index (χ4v) is 4.48. The molecule has 1 saturated carbocycles. The number of hydrogen-bond acceptors (Lipinski definition) is 5. The zero-order chi connectivity index (χ0) is 21.4. The molecular formula is C25H25N3O3. The van der Waals surface area contributed by atoms with Crippen molar-refractivity contribution in [3.8, 4) is 11.5 Å². The van der Waals surface area contributed by atoms with E-state index in [4.69, 9.17) is 9.47 Å². The Morgan fingerprint density at radius 1 is 1.00 bits per heavy atom. The summed E-state index contributed by atoms with van der Waals surface area (Å²) in [6, 6.07) is 16.4. The van der Waals surface area contributed by atoms with Crippen LogP contribution < -0.4 is 9.47 Å². The van der Waals surface area contributed by atoms with Gasteiger partial charge in [-0.05, 0) is 48.2 Å². The molecule has 0 atom stereocenters. The highest BCUT2D eigenvalue weighted by Crippen LogP contribution is 2.43. The number of fused-ring (bicyclic) bond motifs is 1. The maximum atomic E-state index is 9.55. The Labute approximate surface area is 181 Å². The van der Waals surface area contributed by atoms with Crippen molar-refractivity contribution in [2.45, 2.75) is 24.7 Å². The highest BCUT2D eigenvalue weighted by Gasteiger charge is 2.39. The van der Waals surface area contributed by atoms with Gasteiger partial charge in [-0.1, -0.05) is 41.6 Å². The molecule has 1 fully saturated rings. The predicted octanol–water partition coefficient (Wildman–Crippen LogP) is 4.57. The second-order valence-corrected chi connectivity index (χ2v) is 8.16. The second kappa shape index (κ2) is 7.61. The lowest BCUT2D eigenvalue weighted by Gasteiger charge is -2.34. The van der Waals surface area contributed by atoms with Crippen LogP contribution in [0.25, 0.3) is 6.08 Å². The molecule has 1 aromatic heterocycles. The second-order valence-electron chi connectivity index (χ2n) is 8.16. The van der Waals surface area contributed by atoms with Crippen LogP contribution in [0.15, 0.2) is 59.8 Å². The average molecular weight is 415 g/mol. The first-order valence-corrected chi connectivity index (χ1v) is 10.5. The van der Waals surface area contributed by atoms with Crippen molar-refractivity contribution < 1.29 is 14.7 Å². The number of methoxy groups -OCH3 is 2. The SMILES string of the molecule is COc1ccc(C2(c3ccc(OC)cc3)C=Cc3c(/C(=N/O)C4CC4)n[nH]c3C2)cc1. The fraction of sp³-hybridized carbons (Fsp3) is 0.280. The van der Waals surface area contributed by atoms with Crippen molar-refractivity contribution in [3.63, 3.8) is 0 Å². The molecule has 0 amide bonds. The van der Waals surface area contributed by atoms with Gasteiger partial charge in [0.1, 0.15) is 22.9 Å². The summed E-state index contributed by atoms with van der Waals surface area (Å²) in [6.07, 6.45) is 7.16. The lowest BCUT2D eigenvalue weighted by atomic mass is 9.68. The van der Waals surface area contributed by atoms with E-state index >= 15 is 0 Å². The minimum absolute atomic E-state index is 0.306. The third kappa shape index (κ3) is 3.28. The molecule has 6 heteroatoms. The normalized spacial score (nSPS) is 17.3. The van der Waals surface area contributed by atoms with E-state index in [1.807, 2.05) is 24.3 Å². The van der Waals surface area contributed by atoms with Crippen LogP contribution in [0.1, 0.15) is 40.9 Å². The van der Waals surface area contributed by atoms with Crippen LogP contribution in [0, 0.1) is 5.92 Å². The molecule has 6 nitrogen and oxygen atoms in total. The van der Waals surface area contributed by atoms with Gasteiger partial charge < -0.3 is 14.7 Å². The molecule has 0 aliphatic heterocycles. The molecule has 0 saturated heterocycles. The number of benzene rings is 2. The average Bonchev–Trinajstić information content (AvgIpc) is 3.59. The largest absolute Gasteiger partial charge is 0.497 e. The molecule has 158 valence electrons. The Morgan fingerprint density at radius 2 is 1.58 bits per heavy atom. The predicted molar refractivity (Wildman–Crippen MR) is 119 cm³/mol. The monoisotopic (exact) mass is 415 g/mol. The number of rotatable bonds is 6. The van der Waals surface area contributed by atoms with E-state index in [9.17, 15) is 5.21 Å². The van der Waals surface area contributed by atoms with Crippen LogP contribution in [0.5, 0.6) is 11.5 Å². The van der Waals surface area contributed by atoms with Crippen molar-refractivity contribution in [2.75, 3.05) is 14.2 Å². The smallest absolute Gasteiger partial charge is 0.118 e. The summed E-state index contributed by atoms with van der Waals surface area (Å²) >= 11 is 0. The number of oxime groups is 1. The molecule has 3 aromatic rings. The van der Waals surface area contributed by atoms with Crippen molar-refractivity contribution in [1.82, 2.24) is 10.2 Å². The molecule has 2 N–H and O–H groups in total. The molecule has 0 radical (unpaired) electrons. The summed E-state index contributed by atoms with van der Waals surface area (Å²) in [5.41, 5.74) is 5.44. The first kappa shape index (κ1) is 19.4. The molecular weight excluding hydrogens is 390 g/mol. The Hall–Kier alpha value is -3.54. The highest BCUT2D eigenvalue weighted by molar-refractivity contribution is 6.04. The van der Waals surface area contributed by atoms with Crippen LogP contribution in [0.2, 0.25) is 0 Å². The summed E-state index contributed by atoms with van der Waals surface area (Å²) in [5, 5.41) is 20.9. The number of aromatic amines is 1. The molecule has 2 aliphatic rings. The van der Waals surface area contributed by atoms with E-state index in [1.54, 1.807) is 14.2 Å². The first-order valence-electron chi connectivity index (χ1n) is 10.5. The van der Waals surface area contributed by atoms with Crippen molar-refractivity contribution in [2.24, 2.45) is 11.1 Å². The molecule has 2 aliphatic carbocycles. The number of hydrogen-bond donors (Lipinski definition) is 2. The van der Waals surface area contributed by atoms with Gasteiger partial charge in [0.15, 0.2) is 0 Å². The van der Waals surface area contributed by atoms with E-state index < -0.39 is 0 Å². The Bertz CT molecular complexity index is 1090. The van der Waals surface area contributed by atoms with Crippen molar-refractivity contribution >= 4 is 11.8 Å². The number of ether oxygens (including phenoxy) is 2. The number of H-pyrrole nitrogens is 1. The topological polar surface area (TPSA) is 79.7 Å². The Kier molecular flexibility index (Phi) is 4.77. The van der Waals surface area contributed by atoms with Gasteiger partial charge in [0, 0.05) is 29.0 Å². The van der Waals surface area contributed by atoms with E-state index in [0.717, 1.165) is 52.4 Å². The Balaban J connectivity index is 1.61. The van der Waals surface area contributed by atoms with E-state index in [1.165, 1.54) is 0 Å². The van der Waals surface area contributed by atoms with Crippen LogP contribution in [-0.4, -0.2) is 35.3 Å². The number of nitrogens with zero attached hydrogens (tertiary/aromatic N) is 2. The van der Waals surface area contributed by atoms with E-state index in [2.05, 4.69) is 51.8 Å². The van der Waals surface area contributed by atoms with Crippen molar-refractivity contribution in [3.05, 3.63) is 82.7 Å². The zero-order valence-corrected chi connectivity index (χ0v) is 17.6. The van der Waals surface area contributed by atoms with E-state index in [-0.39, 0.29) is 5.41 Å². The van der Waals surface area contributed by atoms with Gasteiger partial charge in [-0.25, -0.2) is 0 Å². The summed E-state index contributed by atoms with van der Waals surface area (Å²) < 4.78 is 10.7. The summed E-state index contributed by atoms with van der Waals surface area (Å²) in [5.74, 6) is 1.96. The minimum Gasteiger partial charge on any atom is -0.497 e. The van der Waals surface area contributed by atoms with Gasteiger partial charge in [0.25, 0.3) is 0 Å². The Morgan fingerprint density at radius 3 is 2.06 bits per heavy atom. The molecule has 1 heterocycles. The van der Waals surface area contributed by atoms with E-state index in [0.29, 0.717) is 18.1 Å². The molecule has 0 unspecified atom stereocenters. The minimum atomic E-state index is -0.370. The lowest BCUT2D eigenvalue weighted by Crippen LogP contribution is -2.30. The van der Waals surface area contributed by atoms with Gasteiger partial charge in [-0.15, -0.1) is 0 Å². The summed E-state index contributed by atoms with van der Waals surface area (Å²) in [4.78, 5) is 0. The molecule has 0 spiro atoms. The van der Waals surface area contributed by atoms with Gasteiger partial charge in [0.2, 0.25) is 0 Å². The van der Waals surface area contributed by atoms with Crippen LogP contribution in [-0.2, 0) is 11.8 Å². The summed E-state index contributed by atoms with van der Waals surface area (Å²) in [6.45, 7) is 0. The third-order valence-corrected chi connectivity index (χ3v) is 6.40. The lowest BCUT2D eigenvalue weighted by molar-refractivity contribution is 0.317. The van der Waals surface area contributed by atoms with Gasteiger partial charge >= 0.3 is 0 Å². The third-order valence-electron chi connectivity index (χ3n) is 6.40. The van der Waals surface area contributed by atoms with Gasteiger partial charge in [-0.2, -0.15) is 5.10 Å². The van der Waals surface area contributed by atoms with Crippen LogP contribution in [0.4, 0.5) is 0 Å². The molecule has 31 heavy (non-hydrogen) atoms. The number of aromatic nitrogens is 2. The number of allylic oxidation sites excluding steroid dienone is 1. The van der Waals surface area contributed by atoms with Crippen molar-refractivity contribution in [1.29, 1.82) is 0 Å². The van der Waals surface area contributed by atoms with Crippen LogP contribution in [0.3, 0.4) is 0 Å². The van der Waals surface area contributed by atoms with Gasteiger partial charge in [0.05, 0.1) is 14.2 Å². The highest BCUT2D eigenvalue weighted by atomic mass is 16.5. The maximum absolute atomic E-state index is 9.55. The molecule has 2 aromatic carbocycles. The molecule has 0 bridgehead atoms. The maximum Gasteiger partial charge on any atom is 0.118 e. The standard InChI is InChI=1S/C25H25N3O3/c1-30-19-9-5-17(6-10-19)25(18-7-11-20(31-2)12-8-18)14-13-21-22(15-25)26-27-24(21)23(28-29)16-3-4-16/h5-14,16,29H,3-4,15H2,1-2H3,(H,26,27)/b28-23+. The quantitative estimate of drug-likeness (QED) is 0.351. The summed E-state index contributed by atoms with van der Waals surface area (Å²) in [7, 11) is 3.35. The fourth-order valence-electron chi connectivity index (χ4n) is 4.48. The van der Waals surface area contributed by atoms with Crippen LogP contribution >= 0.6 is 0 Å². The number of nitrogens with one attached hydrogen (secondary N) is 1. The first-order chi connectivity index (χ1) is 15.2. The van der Waals surface area contributed by atoms with Gasteiger partial charge in [-0.3, -0.25) is 5.10 Å². The molecule has 5 rings (SSSR count).